The van der Waals surface area contributed by atoms with Crippen molar-refractivity contribution in [1.29, 1.82) is 0 Å². The van der Waals surface area contributed by atoms with Crippen LogP contribution in [0.15, 0.2) is 24.3 Å². The lowest BCUT2D eigenvalue weighted by molar-refractivity contribution is -0.138. The largest absolute Gasteiger partial charge is 0.344 e. The minimum Gasteiger partial charge on any atom is -0.344 e. The lowest BCUT2D eigenvalue weighted by Gasteiger charge is -2.41. The number of nitrogens with one attached hydrogen (secondary N) is 1. The van der Waals surface area contributed by atoms with Crippen molar-refractivity contribution >= 4 is 17.6 Å². The molecule has 0 aromatic heterocycles. The van der Waals surface area contributed by atoms with Crippen molar-refractivity contribution in [2.24, 2.45) is 5.92 Å². The molecule has 1 aliphatic heterocycles. The van der Waals surface area contributed by atoms with Gasteiger partial charge in [-0.25, -0.2) is 4.79 Å². The van der Waals surface area contributed by atoms with E-state index in [4.69, 9.17) is 0 Å². The zero-order valence-corrected chi connectivity index (χ0v) is 19.8. The molecule has 172 valence electrons. The minimum absolute atomic E-state index is 0.0344. The molecular weight excluding hydrogens is 388 g/mol. The van der Waals surface area contributed by atoms with Gasteiger partial charge in [-0.2, -0.15) is 0 Å². The minimum atomic E-state index is -0.0520. The standard InChI is InChI=1S/C25H40N4O2/c1-5-14-27(4)24(30)23(21-8-6-7-9-21)28-15-17-29(18-16-28)25(31)26-22-12-10-20(11-13-22)19(2)3/h10-13,19,21,23H,5-9,14-18H2,1-4H3,(H,26,31). The molecule has 1 atom stereocenters. The van der Waals surface area contributed by atoms with Crippen molar-refractivity contribution in [2.75, 3.05) is 45.1 Å². The van der Waals surface area contributed by atoms with E-state index in [0.29, 0.717) is 24.9 Å². The molecule has 1 unspecified atom stereocenters. The van der Waals surface area contributed by atoms with Gasteiger partial charge in [0.2, 0.25) is 5.91 Å². The fourth-order valence-electron chi connectivity index (χ4n) is 4.96. The number of amides is 3. The Morgan fingerprint density at radius 1 is 1.06 bits per heavy atom. The van der Waals surface area contributed by atoms with Crippen molar-refractivity contribution in [2.45, 2.75) is 64.8 Å². The lowest BCUT2D eigenvalue weighted by atomic mass is 9.94. The van der Waals surface area contributed by atoms with Gasteiger partial charge in [0, 0.05) is 45.5 Å². The number of rotatable bonds is 7. The monoisotopic (exact) mass is 428 g/mol. The second kappa shape index (κ2) is 11.0. The Labute approximate surface area is 188 Å². The van der Waals surface area contributed by atoms with Gasteiger partial charge in [-0.15, -0.1) is 0 Å². The second-order valence-electron chi connectivity index (χ2n) is 9.48. The molecule has 2 fully saturated rings. The Morgan fingerprint density at radius 3 is 2.23 bits per heavy atom. The van der Waals surface area contributed by atoms with E-state index in [0.717, 1.165) is 44.6 Å². The van der Waals surface area contributed by atoms with Crippen LogP contribution in [0.3, 0.4) is 0 Å². The highest BCUT2D eigenvalue weighted by atomic mass is 16.2. The Balaban J connectivity index is 1.58. The Bertz CT molecular complexity index is 720. The molecule has 6 heteroatoms. The highest BCUT2D eigenvalue weighted by molar-refractivity contribution is 5.89. The van der Waals surface area contributed by atoms with Gasteiger partial charge < -0.3 is 15.1 Å². The predicted octanol–water partition coefficient (Wildman–Crippen LogP) is 4.39. The molecule has 1 N–H and O–H groups in total. The van der Waals surface area contributed by atoms with E-state index in [-0.39, 0.29) is 18.0 Å². The van der Waals surface area contributed by atoms with Crippen LogP contribution in [0.25, 0.3) is 0 Å². The summed E-state index contributed by atoms with van der Waals surface area (Å²) in [6, 6.07) is 8.01. The maximum atomic E-state index is 13.2. The summed E-state index contributed by atoms with van der Waals surface area (Å²) in [5, 5.41) is 3.03. The maximum absolute atomic E-state index is 13.2. The van der Waals surface area contributed by atoms with Gasteiger partial charge >= 0.3 is 6.03 Å². The van der Waals surface area contributed by atoms with Crippen molar-refractivity contribution in [3.63, 3.8) is 0 Å². The first-order chi connectivity index (χ1) is 14.9. The third-order valence-electron chi connectivity index (χ3n) is 6.86. The van der Waals surface area contributed by atoms with Crippen LogP contribution in [0.4, 0.5) is 10.5 Å². The molecule has 0 bridgehead atoms. The molecule has 1 saturated heterocycles. The smallest absolute Gasteiger partial charge is 0.321 e. The number of carbonyl (C=O) groups is 2. The predicted molar refractivity (Wildman–Crippen MR) is 126 cm³/mol. The van der Waals surface area contributed by atoms with Gasteiger partial charge in [0.25, 0.3) is 0 Å². The summed E-state index contributed by atoms with van der Waals surface area (Å²) in [6.45, 7) is 10.1. The highest BCUT2D eigenvalue weighted by Gasteiger charge is 2.38. The summed E-state index contributed by atoms with van der Waals surface area (Å²) in [5.41, 5.74) is 2.10. The molecule has 0 radical (unpaired) electrons. The molecule has 2 aliphatic rings. The molecule has 1 heterocycles. The Kier molecular flexibility index (Phi) is 8.35. The van der Waals surface area contributed by atoms with E-state index in [2.05, 4.69) is 43.1 Å². The second-order valence-corrected chi connectivity index (χ2v) is 9.48. The summed E-state index contributed by atoms with van der Waals surface area (Å²) in [5.74, 6) is 1.19. The summed E-state index contributed by atoms with van der Waals surface area (Å²) >= 11 is 0. The van der Waals surface area contributed by atoms with Crippen LogP contribution in [-0.4, -0.2) is 72.5 Å². The SMILES string of the molecule is CCCN(C)C(=O)C(C1CCCC1)N1CCN(C(=O)Nc2ccc(C(C)C)cc2)CC1. The van der Waals surface area contributed by atoms with Crippen LogP contribution in [0.1, 0.15) is 64.4 Å². The third kappa shape index (κ3) is 6.00. The van der Waals surface area contributed by atoms with Crippen molar-refractivity contribution in [1.82, 2.24) is 14.7 Å². The molecule has 1 saturated carbocycles. The van der Waals surface area contributed by atoms with Gasteiger partial charge in [-0.1, -0.05) is 45.7 Å². The number of urea groups is 1. The average Bonchev–Trinajstić information content (AvgIpc) is 3.29. The van der Waals surface area contributed by atoms with E-state index in [1.807, 2.05) is 29.0 Å². The van der Waals surface area contributed by atoms with Crippen LogP contribution in [0, 0.1) is 5.92 Å². The van der Waals surface area contributed by atoms with E-state index in [9.17, 15) is 9.59 Å². The number of benzene rings is 1. The molecule has 3 amide bonds. The van der Waals surface area contributed by atoms with Crippen LogP contribution in [-0.2, 0) is 4.79 Å². The zero-order valence-electron chi connectivity index (χ0n) is 19.8. The van der Waals surface area contributed by atoms with Crippen LogP contribution >= 0.6 is 0 Å². The first-order valence-corrected chi connectivity index (χ1v) is 12.1. The van der Waals surface area contributed by atoms with E-state index in [1.54, 1.807) is 0 Å². The summed E-state index contributed by atoms with van der Waals surface area (Å²) in [6.07, 6.45) is 5.71. The van der Waals surface area contributed by atoms with E-state index >= 15 is 0 Å². The van der Waals surface area contributed by atoms with Crippen molar-refractivity contribution < 1.29 is 9.59 Å². The van der Waals surface area contributed by atoms with Crippen LogP contribution < -0.4 is 5.32 Å². The number of anilines is 1. The number of nitrogens with zero attached hydrogens (tertiary/aromatic N) is 3. The van der Waals surface area contributed by atoms with E-state index in [1.165, 1.54) is 18.4 Å². The molecule has 31 heavy (non-hydrogen) atoms. The molecule has 1 aromatic rings. The molecule has 0 spiro atoms. The fraction of sp³-hybridized carbons (Fsp3) is 0.680. The maximum Gasteiger partial charge on any atom is 0.321 e. The fourth-order valence-corrected chi connectivity index (χ4v) is 4.96. The van der Waals surface area contributed by atoms with Gasteiger partial charge in [0.1, 0.15) is 0 Å². The van der Waals surface area contributed by atoms with Gasteiger partial charge in [-0.3, -0.25) is 9.69 Å². The van der Waals surface area contributed by atoms with Crippen molar-refractivity contribution in [3.8, 4) is 0 Å². The molecular formula is C25H40N4O2. The molecule has 1 aliphatic carbocycles. The quantitative estimate of drug-likeness (QED) is 0.701. The summed E-state index contributed by atoms with van der Waals surface area (Å²) in [4.78, 5) is 32.1. The number of piperazine rings is 1. The van der Waals surface area contributed by atoms with Crippen molar-refractivity contribution in [3.05, 3.63) is 29.8 Å². The first kappa shape index (κ1) is 23.6. The van der Waals surface area contributed by atoms with Crippen LogP contribution in [0.5, 0.6) is 0 Å². The number of likely N-dealkylation sites (N-methyl/N-ethyl adjacent to an activating group) is 1. The summed E-state index contributed by atoms with van der Waals surface area (Å²) in [7, 11) is 1.93. The third-order valence-corrected chi connectivity index (χ3v) is 6.86. The average molecular weight is 429 g/mol. The number of hydrogen-bond donors (Lipinski definition) is 1. The normalized spacial score (nSPS) is 18.9. The van der Waals surface area contributed by atoms with Gasteiger partial charge in [0.05, 0.1) is 6.04 Å². The molecule has 1 aromatic carbocycles. The van der Waals surface area contributed by atoms with Crippen LogP contribution in [0.2, 0.25) is 0 Å². The number of hydrogen-bond acceptors (Lipinski definition) is 3. The first-order valence-electron chi connectivity index (χ1n) is 12.1. The van der Waals surface area contributed by atoms with Gasteiger partial charge in [0.15, 0.2) is 0 Å². The lowest BCUT2D eigenvalue weighted by Crippen LogP contribution is -2.58. The zero-order chi connectivity index (χ0) is 22.4. The van der Waals surface area contributed by atoms with E-state index < -0.39 is 0 Å². The molecule has 3 rings (SSSR count). The molecule has 6 nitrogen and oxygen atoms in total. The Morgan fingerprint density at radius 2 is 1.68 bits per heavy atom. The highest BCUT2D eigenvalue weighted by Crippen LogP contribution is 2.32. The van der Waals surface area contributed by atoms with Gasteiger partial charge in [-0.05, 0) is 48.8 Å². The topological polar surface area (TPSA) is 55.9 Å². The Hall–Kier alpha value is -2.08. The number of carbonyl (C=O) groups excluding carboxylic acids is 2. The summed E-state index contributed by atoms with van der Waals surface area (Å²) < 4.78 is 0.